The summed E-state index contributed by atoms with van der Waals surface area (Å²) in [4.78, 5) is 18.2. The number of aryl methyl sites for hydroxylation is 1. The molecular formula is C17H19N3O3S. The van der Waals surface area contributed by atoms with E-state index in [1.54, 1.807) is 35.4 Å². The van der Waals surface area contributed by atoms with Crippen molar-refractivity contribution in [1.82, 2.24) is 9.88 Å². The Bertz CT molecular complexity index is 842. The minimum Gasteiger partial charge on any atom is -0.339 e. The molecule has 0 radical (unpaired) electrons. The van der Waals surface area contributed by atoms with E-state index in [1.165, 1.54) is 12.1 Å². The van der Waals surface area contributed by atoms with Gasteiger partial charge in [0.05, 0.1) is 4.90 Å². The first-order valence-electron chi connectivity index (χ1n) is 7.80. The first kappa shape index (κ1) is 16.4. The molecule has 7 heteroatoms. The SMILES string of the molecule is Cc1ccnc(NS(=O)(=O)c2ccc(C(=O)N3CCCC3)cc2)c1. The van der Waals surface area contributed by atoms with Crippen LogP contribution in [0.5, 0.6) is 0 Å². The van der Waals surface area contributed by atoms with Gasteiger partial charge in [-0.1, -0.05) is 0 Å². The van der Waals surface area contributed by atoms with Crippen molar-refractivity contribution in [3.8, 4) is 0 Å². The number of anilines is 1. The van der Waals surface area contributed by atoms with Crippen molar-refractivity contribution < 1.29 is 13.2 Å². The average molecular weight is 345 g/mol. The van der Waals surface area contributed by atoms with E-state index in [-0.39, 0.29) is 16.6 Å². The van der Waals surface area contributed by atoms with Crippen LogP contribution in [0.25, 0.3) is 0 Å². The number of hydrogen-bond acceptors (Lipinski definition) is 4. The summed E-state index contributed by atoms with van der Waals surface area (Å²) in [5, 5.41) is 0. The molecule has 1 aromatic carbocycles. The molecule has 2 aromatic rings. The molecule has 2 heterocycles. The Labute approximate surface area is 141 Å². The third kappa shape index (κ3) is 3.56. The minimum atomic E-state index is -3.73. The van der Waals surface area contributed by atoms with E-state index in [0.29, 0.717) is 5.56 Å². The van der Waals surface area contributed by atoms with Crippen LogP contribution in [0.2, 0.25) is 0 Å². The number of nitrogens with one attached hydrogen (secondary N) is 1. The fourth-order valence-corrected chi connectivity index (χ4v) is 3.67. The van der Waals surface area contributed by atoms with E-state index in [2.05, 4.69) is 9.71 Å². The summed E-state index contributed by atoms with van der Waals surface area (Å²) in [6.45, 7) is 3.39. The highest BCUT2D eigenvalue weighted by Crippen LogP contribution is 2.18. The van der Waals surface area contributed by atoms with Gasteiger partial charge < -0.3 is 4.90 Å². The molecule has 0 atom stereocenters. The standard InChI is InChI=1S/C17H19N3O3S/c1-13-8-9-18-16(12-13)19-24(22,23)15-6-4-14(5-7-15)17(21)20-10-2-3-11-20/h4-9,12H,2-3,10-11H2,1H3,(H,18,19). The Hall–Kier alpha value is -2.41. The zero-order valence-corrected chi connectivity index (χ0v) is 14.2. The van der Waals surface area contributed by atoms with E-state index in [4.69, 9.17) is 0 Å². The topological polar surface area (TPSA) is 79.4 Å². The number of aromatic nitrogens is 1. The predicted octanol–water partition coefficient (Wildman–Crippen LogP) is 2.43. The van der Waals surface area contributed by atoms with E-state index < -0.39 is 10.0 Å². The van der Waals surface area contributed by atoms with Gasteiger partial charge in [-0.25, -0.2) is 13.4 Å². The molecule has 3 rings (SSSR count). The third-order valence-corrected chi connectivity index (χ3v) is 5.33. The lowest BCUT2D eigenvalue weighted by Crippen LogP contribution is -2.27. The Morgan fingerprint density at radius 3 is 2.42 bits per heavy atom. The monoisotopic (exact) mass is 345 g/mol. The van der Waals surface area contributed by atoms with Crippen molar-refractivity contribution >= 4 is 21.7 Å². The summed E-state index contributed by atoms with van der Waals surface area (Å²) in [6, 6.07) is 9.44. The summed E-state index contributed by atoms with van der Waals surface area (Å²) in [5.41, 5.74) is 1.42. The smallest absolute Gasteiger partial charge is 0.263 e. The van der Waals surface area contributed by atoms with Gasteiger partial charge in [-0.15, -0.1) is 0 Å². The number of carbonyl (C=O) groups excluding carboxylic acids is 1. The van der Waals surface area contributed by atoms with Crippen LogP contribution in [0.3, 0.4) is 0 Å². The molecule has 1 amide bonds. The molecule has 0 bridgehead atoms. The lowest BCUT2D eigenvalue weighted by Gasteiger charge is -2.15. The van der Waals surface area contributed by atoms with Crippen molar-refractivity contribution in [2.24, 2.45) is 0 Å². The van der Waals surface area contributed by atoms with Crippen LogP contribution in [0.15, 0.2) is 47.5 Å². The number of carbonyl (C=O) groups is 1. The maximum absolute atomic E-state index is 12.4. The van der Waals surface area contributed by atoms with Gasteiger partial charge in [-0.05, 0) is 61.7 Å². The maximum Gasteiger partial charge on any atom is 0.263 e. The van der Waals surface area contributed by atoms with Crippen LogP contribution in [0, 0.1) is 6.92 Å². The van der Waals surface area contributed by atoms with Crippen LogP contribution in [0.4, 0.5) is 5.82 Å². The van der Waals surface area contributed by atoms with Gasteiger partial charge in [0.15, 0.2) is 0 Å². The summed E-state index contributed by atoms with van der Waals surface area (Å²) >= 11 is 0. The van der Waals surface area contributed by atoms with Crippen LogP contribution in [-0.4, -0.2) is 37.3 Å². The van der Waals surface area contributed by atoms with Crippen LogP contribution in [0.1, 0.15) is 28.8 Å². The predicted molar refractivity (Wildman–Crippen MR) is 91.4 cm³/mol. The van der Waals surface area contributed by atoms with E-state index in [0.717, 1.165) is 31.5 Å². The molecule has 0 saturated carbocycles. The second-order valence-electron chi connectivity index (χ2n) is 5.85. The summed E-state index contributed by atoms with van der Waals surface area (Å²) < 4.78 is 27.3. The number of pyridine rings is 1. The van der Waals surface area contributed by atoms with Crippen molar-refractivity contribution in [3.63, 3.8) is 0 Å². The molecule has 1 aliphatic heterocycles. The average Bonchev–Trinajstić information content (AvgIpc) is 3.08. The first-order chi connectivity index (χ1) is 11.5. The van der Waals surface area contributed by atoms with Gasteiger partial charge in [0.25, 0.3) is 15.9 Å². The van der Waals surface area contributed by atoms with Crippen LogP contribution in [-0.2, 0) is 10.0 Å². The van der Waals surface area contributed by atoms with Gasteiger partial charge in [-0.2, -0.15) is 0 Å². The highest BCUT2D eigenvalue weighted by atomic mass is 32.2. The summed E-state index contributed by atoms with van der Waals surface area (Å²) in [6.07, 6.45) is 3.59. The zero-order valence-electron chi connectivity index (χ0n) is 13.4. The van der Waals surface area contributed by atoms with Gasteiger partial charge >= 0.3 is 0 Å². The number of sulfonamides is 1. The van der Waals surface area contributed by atoms with Gasteiger partial charge in [0.2, 0.25) is 0 Å². The molecule has 1 aromatic heterocycles. The highest BCUT2D eigenvalue weighted by molar-refractivity contribution is 7.92. The Kier molecular flexibility index (Phi) is 4.53. The quantitative estimate of drug-likeness (QED) is 0.923. The molecule has 0 aliphatic carbocycles. The molecule has 1 N–H and O–H groups in total. The second kappa shape index (κ2) is 6.60. The van der Waals surface area contributed by atoms with Crippen molar-refractivity contribution in [1.29, 1.82) is 0 Å². The normalized spacial score (nSPS) is 14.6. The number of benzene rings is 1. The molecular weight excluding hydrogens is 326 g/mol. The molecule has 0 spiro atoms. The fourth-order valence-electron chi connectivity index (χ4n) is 2.67. The highest BCUT2D eigenvalue weighted by Gasteiger charge is 2.21. The number of nitrogens with zero attached hydrogens (tertiary/aromatic N) is 2. The molecule has 6 nitrogen and oxygen atoms in total. The molecule has 1 fully saturated rings. The summed E-state index contributed by atoms with van der Waals surface area (Å²) in [5.74, 6) is 0.219. The van der Waals surface area contributed by atoms with Gasteiger partial charge in [0.1, 0.15) is 5.82 Å². The second-order valence-corrected chi connectivity index (χ2v) is 7.53. The van der Waals surface area contributed by atoms with E-state index in [9.17, 15) is 13.2 Å². The van der Waals surface area contributed by atoms with Crippen LogP contribution >= 0.6 is 0 Å². The number of likely N-dealkylation sites (tertiary alicyclic amines) is 1. The number of amides is 1. The third-order valence-electron chi connectivity index (χ3n) is 3.96. The van der Waals surface area contributed by atoms with Gasteiger partial charge in [-0.3, -0.25) is 9.52 Å². The Morgan fingerprint density at radius 1 is 1.12 bits per heavy atom. The van der Waals surface area contributed by atoms with Crippen LogP contribution < -0.4 is 4.72 Å². The largest absolute Gasteiger partial charge is 0.339 e. The molecule has 1 aliphatic rings. The number of hydrogen-bond donors (Lipinski definition) is 1. The van der Waals surface area contributed by atoms with Gasteiger partial charge in [0, 0.05) is 24.8 Å². The fraction of sp³-hybridized carbons (Fsp3) is 0.294. The maximum atomic E-state index is 12.4. The molecule has 126 valence electrons. The van der Waals surface area contributed by atoms with E-state index in [1.807, 2.05) is 6.92 Å². The van der Waals surface area contributed by atoms with E-state index >= 15 is 0 Å². The van der Waals surface area contributed by atoms with Crippen molar-refractivity contribution in [2.45, 2.75) is 24.7 Å². The Morgan fingerprint density at radius 2 is 1.79 bits per heavy atom. The van der Waals surface area contributed by atoms with Crippen molar-refractivity contribution in [2.75, 3.05) is 17.8 Å². The summed E-state index contributed by atoms with van der Waals surface area (Å²) in [7, 11) is -3.73. The van der Waals surface area contributed by atoms with Crippen molar-refractivity contribution in [3.05, 3.63) is 53.7 Å². The minimum absolute atomic E-state index is 0.0512. The number of rotatable bonds is 4. The lowest BCUT2D eigenvalue weighted by molar-refractivity contribution is 0.0792. The first-order valence-corrected chi connectivity index (χ1v) is 9.29. The molecule has 1 saturated heterocycles. The lowest BCUT2D eigenvalue weighted by atomic mass is 10.2. The molecule has 24 heavy (non-hydrogen) atoms. The zero-order chi connectivity index (χ0) is 17.2. The Balaban J connectivity index is 1.77. The molecule has 0 unspecified atom stereocenters.